The molecule has 1 saturated heterocycles. The van der Waals surface area contributed by atoms with Gasteiger partial charge in [0.15, 0.2) is 5.69 Å². The predicted molar refractivity (Wildman–Crippen MR) is 87.6 cm³/mol. The summed E-state index contributed by atoms with van der Waals surface area (Å²) in [6.07, 6.45) is 2.26. The Kier molecular flexibility index (Phi) is 4.21. The number of likely N-dealkylation sites (tertiary alicyclic amines) is 1. The molecule has 0 N–H and O–H groups in total. The van der Waals surface area contributed by atoms with E-state index in [-0.39, 0.29) is 5.91 Å². The molecule has 3 rings (SSSR count). The molecule has 1 amide bonds. The van der Waals surface area contributed by atoms with Gasteiger partial charge in [-0.25, -0.2) is 4.68 Å². The average Bonchev–Trinajstić information content (AvgIpc) is 2.88. The van der Waals surface area contributed by atoms with Gasteiger partial charge in [0.2, 0.25) is 0 Å². The lowest BCUT2D eigenvalue weighted by Gasteiger charge is -2.30. The van der Waals surface area contributed by atoms with Crippen LogP contribution in [0.2, 0.25) is 5.02 Å². The van der Waals surface area contributed by atoms with Gasteiger partial charge >= 0.3 is 0 Å². The zero-order valence-corrected chi connectivity index (χ0v) is 13.7. The van der Waals surface area contributed by atoms with Gasteiger partial charge in [-0.15, -0.1) is 0 Å². The summed E-state index contributed by atoms with van der Waals surface area (Å²) in [6.45, 7) is 5.78. The Hall–Kier alpha value is -1.81. The number of carbonyl (C=O) groups is 1. The highest BCUT2D eigenvalue weighted by Gasteiger charge is 2.24. The van der Waals surface area contributed by atoms with Crippen LogP contribution < -0.4 is 0 Å². The molecule has 2 heterocycles. The summed E-state index contributed by atoms with van der Waals surface area (Å²) < 4.78 is 1.77. The smallest absolute Gasteiger partial charge is 0.274 e. The number of hydrogen-bond donors (Lipinski definition) is 0. The van der Waals surface area contributed by atoms with Crippen LogP contribution in [0.25, 0.3) is 5.69 Å². The molecule has 1 aromatic carbocycles. The zero-order valence-electron chi connectivity index (χ0n) is 12.9. The maximum atomic E-state index is 12.6. The summed E-state index contributed by atoms with van der Waals surface area (Å²) in [5.74, 6) is 0.587. The zero-order chi connectivity index (χ0) is 15.7. The van der Waals surface area contributed by atoms with E-state index in [0.717, 1.165) is 30.9 Å². The summed E-state index contributed by atoms with van der Waals surface area (Å²) in [5, 5.41) is 5.15. The minimum atomic E-state index is 0.0235. The molecule has 0 aliphatic carbocycles. The summed E-state index contributed by atoms with van der Waals surface area (Å²) in [7, 11) is 0. The molecule has 1 aromatic heterocycles. The van der Waals surface area contributed by atoms with Crippen molar-refractivity contribution in [1.82, 2.24) is 14.7 Å². The predicted octanol–water partition coefficient (Wildman–Crippen LogP) is 3.71. The summed E-state index contributed by atoms with van der Waals surface area (Å²) in [4.78, 5) is 14.5. The van der Waals surface area contributed by atoms with E-state index in [9.17, 15) is 4.79 Å². The molecule has 0 radical (unpaired) electrons. The third-order valence-corrected chi connectivity index (χ3v) is 4.34. The Bertz CT molecular complexity index is 695. The van der Waals surface area contributed by atoms with Crippen LogP contribution in [0.5, 0.6) is 0 Å². The number of benzene rings is 1. The van der Waals surface area contributed by atoms with Gasteiger partial charge in [-0.05, 0) is 49.9 Å². The molecule has 0 bridgehead atoms. The van der Waals surface area contributed by atoms with Gasteiger partial charge in [-0.2, -0.15) is 5.10 Å². The standard InChI is InChI=1S/C17H20ClN3O/c1-12-5-4-8-20(11-12)17(22)16-9-13(2)21(19-16)15-7-3-6-14(18)10-15/h3,6-7,9-10,12H,4-5,8,11H2,1-2H3. The van der Waals surface area contributed by atoms with Crippen LogP contribution in [0, 0.1) is 12.8 Å². The van der Waals surface area contributed by atoms with Crippen molar-refractivity contribution in [2.75, 3.05) is 13.1 Å². The second kappa shape index (κ2) is 6.13. The fourth-order valence-electron chi connectivity index (χ4n) is 2.98. The number of hydrogen-bond acceptors (Lipinski definition) is 2. The molecular formula is C17H20ClN3O. The molecule has 1 atom stereocenters. The topological polar surface area (TPSA) is 38.1 Å². The number of rotatable bonds is 2. The van der Waals surface area contributed by atoms with Crippen LogP contribution in [-0.4, -0.2) is 33.7 Å². The van der Waals surface area contributed by atoms with Crippen LogP contribution in [0.4, 0.5) is 0 Å². The normalized spacial score (nSPS) is 18.5. The fraction of sp³-hybridized carbons (Fsp3) is 0.412. The highest BCUT2D eigenvalue weighted by molar-refractivity contribution is 6.30. The molecule has 2 aromatic rings. The quantitative estimate of drug-likeness (QED) is 0.847. The van der Waals surface area contributed by atoms with Crippen molar-refractivity contribution in [3.63, 3.8) is 0 Å². The first kappa shape index (κ1) is 15.1. The molecule has 1 aliphatic rings. The van der Waals surface area contributed by atoms with E-state index in [2.05, 4.69) is 12.0 Å². The van der Waals surface area contributed by atoms with Gasteiger partial charge in [0.1, 0.15) is 0 Å². The highest BCUT2D eigenvalue weighted by atomic mass is 35.5. The van der Waals surface area contributed by atoms with Crippen molar-refractivity contribution < 1.29 is 4.79 Å². The van der Waals surface area contributed by atoms with E-state index in [1.807, 2.05) is 42.2 Å². The van der Waals surface area contributed by atoms with Crippen molar-refractivity contribution in [2.24, 2.45) is 5.92 Å². The average molecular weight is 318 g/mol. The number of piperidine rings is 1. The van der Waals surface area contributed by atoms with Crippen LogP contribution >= 0.6 is 11.6 Å². The molecule has 1 aliphatic heterocycles. The van der Waals surface area contributed by atoms with Crippen molar-refractivity contribution in [3.05, 3.63) is 46.7 Å². The molecule has 5 heteroatoms. The number of nitrogens with zero attached hydrogens (tertiary/aromatic N) is 3. The number of aromatic nitrogens is 2. The molecule has 4 nitrogen and oxygen atoms in total. The minimum absolute atomic E-state index is 0.0235. The lowest BCUT2D eigenvalue weighted by Crippen LogP contribution is -2.39. The van der Waals surface area contributed by atoms with E-state index in [1.54, 1.807) is 4.68 Å². The molecular weight excluding hydrogens is 298 g/mol. The summed E-state index contributed by atoms with van der Waals surface area (Å²) >= 11 is 6.04. The Morgan fingerprint density at radius 2 is 2.18 bits per heavy atom. The van der Waals surface area contributed by atoms with Gasteiger partial charge in [-0.1, -0.05) is 24.6 Å². The van der Waals surface area contributed by atoms with Crippen LogP contribution in [-0.2, 0) is 0 Å². The van der Waals surface area contributed by atoms with Crippen LogP contribution in [0.3, 0.4) is 0 Å². The third-order valence-electron chi connectivity index (χ3n) is 4.10. The van der Waals surface area contributed by atoms with Gasteiger partial charge in [0, 0.05) is 23.8 Å². The van der Waals surface area contributed by atoms with E-state index in [0.29, 0.717) is 16.6 Å². The number of halogens is 1. The molecule has 116 valence electrons. The number of amides is 1. The first-order valence-electron chi connectivity index (χ1n) is 7.66. The molecule has 22 heavy (non-hydrogen) atoms. The van der Waals surface area contributed by atoms with Crippen LogP contribution in [0.1, 0.15) is 35.9 Å². The van der Waals surface area contributed by atoms with Crippen molar-refractivity contribution in [1.29, 1.82) is 0 Å². The highest BCUT2D eigenvalue weighted by Crippen LogP contribution is 2.20. The van der Waals surface area contributed by atoms with Crippen molar-refractivity contribution >= 4 is 17.5 Å². The SMILES string of the molecule is Cc1cc(C(=O)N2CCCC(C)C2)nn1-c1cccc(Cl)c1. The Balaban J connectivity index is 1.87. The second-order valence-electron chi connectivity index (χ2n) is 6.06. The first-order valence-corrected chi connectivity index (χ1v) is 8.04. The maximum absolute atomic E-state index is 12.6. The lowest BCUT2D eigenvalue weighted by molar-refractivity contribution is 0.0676. The van der Waals surface area contributed by atoms with Crippen molar-refractivity contribution in [3.8, 4) is 5.69 Å². The van der Waals surface area contributed by atoms with Gasteiger partial charge in [-0.3, -0.25) is 4.79 Å². The summed E-state index contributed by atoms with van der Waals surface area (Å²) in [5.41, 5.74) is 2.30. The summed E-state index contributed by atoms with van der Waals surface area (Å²) in [6, 6.07) is 9.34. The first-order chi connectivity index (χ1) is 10.5. The van der Waals surface area contributed by atoms with E-state index in [1.165, 1.54) is 6.42 Å². The fourth-order valence-corrected chi connectivity index (χ4v) is 3.17. The van der Waals surface area contributed by atoms with Crippen molar-refractivity contribution in [2.45, 2.75) is 26.7 Å². The lowest BCUT2D eigenvalue weighted by atomic mass is 10.00. The Labute approximate surface area is 135 Å². The Morgan fingerprint density at radius 1 is 1.36 bits per heavy atom. The second-order valence-corrected chi connectivity index (χ2v) is 6.50. The monoisotopic (exact) mass is 317 g/mol. The molecule has 0 spiro atoms. The van der Waals surface area contributed by atoms with E-state index < -0.39 is 0 Å². The molecule has 0 saturated carbocycles. The maximum Gasteiger partial charge on any atom is 0.274 e. The third kappa shape index (κ3) is 3.02. The van der Waals surface area contributed by atoms with Gasteiger partial charge < -0.3 is 4.90 Å². The van der Waals surface area contributed by atoms with E-state index >= 15 is 0 Å². The van der Waals surface area contributed by atoms with Gasteiger partial charge in [0.25, 0.3) is 5.91 Å². The van der Waals surface area contributed by atoms with E-state index in [4.69, 9.17) is 11.6 Å². The largest absolute Gasteiger partial charge is 0.337 e. The minimum Gasteiger partial charge on any atom is -0.337 e. The molecule has 1 fully saturated rings. The molecule has 1 unspecified atom stereocenters. The number of aryl methyl sites for hydroxylation is 1. The van der Waals surface area contributed by atoms with Gasteiger partial charge in [0.05, 0.1) is 5.69 Å². The van der Waals surface area contributed by atoms with Crippen LogP contribution in [0.15, 0.2) is 30.3 Å². The Morgan fingerprint density at radius 3 is 2.91 bits per heavy atom. The number of carbonyl (C=O) groups excluding carboxylic acids is 1.